The zero-order valence-corrected chi connectivity index (χ0v) is 18.5. The van der Waals surface area contributed by atoms with Gasteiger partial charge in [0.15, 0.2) is 0 Å². The Morgan fingerprint density at radius 3 is 1.78 bits per heavy atom. The van der Waals surface area contributed by atoms with Crippen LogP contribution in [0.2, 0.25) is 0 Å². The highest BCUT2D eigenvalue weighted by Crippen LogP contribution is 2.21. The Bertz CT molecular complexity index is 1010. The first kappa shape index (κ1) is 23.9. The largest absolute Gasteiger partial charge is 0.399 e. The predicted molar refractivity (Wildman–Crippen MR) is 136 cm³/mol. The van der Waals surface area contributed by atoms with E-state index in [9.17, 15) is 0 Å². The highest BCUT2D eigenvalue weighted by Gasteiger charge is 2.08. The minimum Gasteiger partial charge on any atom is -0.399 e. The first-order chi connectivity index (χ1) is 15.6. The molecular weight excluding hydrogens is 400 g/mol. The van der Waals surface area contributed by atoms with Crippen LogP contribution in [0, 0.1) is 0 Å². The van der Waals surface area contributed by atoms with Crippen LogP contribution in [0.5, 0.6) is 0 Å². The smallest absolute Gasteiger partial charge is 0.233 e. The van der Waals surface area contributed by atoms with Crippen LogP contribution in [0.3, 0.4) is 0 Å². The van der Waals surface area contributed by atoms with Crippen LogP contribution in [0.4, 0.5) is 40.6 Å². The molecule has 8 heteroatoms. The normalized spacial score (nSPS) is 10.4. The van der Waals surface area contributed by atoms with E-state index in [1.54, 1.807) is 36.4 Å². The van der Waals surface area contributed by atoms with E-state index >= 15 is 0 Å². The van der Waals surface area contributed by atoms with Gasteiger partial charge >= 0.3 is 0 Å². The number of benzene rings is 2. The fourth-order valence-corrected chi connectivity index (χ4v) is 2.59. The average Bonchev–Trinajstić information content (AvgIpc) is 2.78. The molecule has 2 aromatic carbocycles. The van der Waals surface area contributed by atoms with E-state index in [1.165, 1.54) is 0 Å². The van der Waals surface area contributed by atoms with E-state index in [0.29, 0.717) is 35.8 Å². The number of rotatable bonds is 9. The van der Waals surface area contributed by atoms with Gasteiger partial charge < -0.3 is 27.4 Å². The summed E-state index contributed by atoms with van der Waals surface area (Å²) in [5, 5.41) is 9.48. The molecule has 0 saturated carbocycles. The molecule has 3 aromatic rings. The number of allylic oxidation sites excluding steroid dienone is 2. The van der Waals surface area contributed by atoms with Gasteiger partial charge in [-0.15, -0.1) is 0 Å². The van der Waals surface area contributed by atoms with Crippen LogP contribution < -0.4 is 27.4 Å². The van der Waals surface area contributed by atoms with Crippen molar-refractivity contribution in [3.05, 3.63) is 85.5 Å². The molecule has 0 aliphatic carbocycles. The minimum absolute atomic E-state index is 0.359. The van der Waals surface area contributed by atoms with Gasteiger partial charge in [0.2, 0.25) is 17.8 Å². The molecule has 0 atom stereocenters. The van der Waals surface area contributed by atoms with Gasteiger partial charge in [-0.2, -0.15) is 15.0 Å². The van der Waals surface area contributed by atoms with Gasteiger partial charge in [-0.1, -0.05) is 57.4 Å². The number of anilines is 7. The van der Waals surface area contributed by atoms with Gasteiger partial charge in [-0.3, -0.25) is 0 Å². The topological polar surface area (TPSA) is 127 Å². The van der Waals surface area contributed by atoms with Gasteiger partial charge in [0, 0.05) is 29.3 Å². The molecule has 0 amide bonds. The Kier molecular flexibility index (Phi) is 9.27. The van der Waals surface area contributed by atoms with E-state index in [4.69, 9.17) is 11.5 Å². The summed E-state index contributed by atoms with van der Waals surface area (Å²) in [6.45, 7) is 12.0. The predicted octanol–water partition coefficient (Wildman–Crippen LogP) is 5.26. The van der Waals surface area contributed by atoms with Gasteiger partial charge in [-0.05, 0) is 42.0 Å². The van der Waals surface area contributed by atoms with Crippen LogP contribution in [-0.2, 0) is 0 Å². The SMILES string of the molecule is C=C/C=C(\C=C)CNc1nc(Nc2cccc(N)c2)nc(Nc2cccc(N)c2)n1.CC. The molecule has 0 unspecified atom stereocenters. The number of hydrogen-bond acceptors (Lipinski definition) is 8. The lowest BCUT2D eigenvalue weighted by molar-refractivity contribution is 1.04. The number of nitrogens with zero attached hydrogens (tertiary/aromatic N) is 3. The zero-order valence-electron chi connectivity index (χ0n) is 18.5. The van der Waals surface area contributed by atoms with Crippen molar-refractivity contribution in [2.75, 3.05) is 34.0 Å². The molecular formula is C24H30N8. The number of aromatic nitrogens is 3. The third kappa shape index (κ3) is 7.49. The van der Waals surface area contributed by atoms with Crippen molar-refractivity contribution in [3.63, 3.8) is 0 Å². The van der Waals surface area contributed by atoms with Gasteiger partial charge in [-0.25, -0.2) is 0 Å². The van der Waals surface area contributed by atoms with Crippen molar-refractivity contribution in [3.8, 4) is 0 Å². The van der Waals surface area contributed by atoms with Gasteiger partial charge in [0.1, 0.15) is 0 Å². The quantitative estimate of drug-likeness (QED) is 0.230. The molecule has 32 heavy (non-hydrogen) atoms. The number of hydrogen-bond donors (Lipinski definition) is 5. The molecule has 166 valence electrons. The van der Waals surface area contributed by atoms with Crippen LogP contribution in [-0.4, -0.2) is 21.5 Å². The van der Waals surface area contributed by atoms with Crippen molar-refractivity contribution in [2.45, 2.75) is 13.8 Å². The number of nitrogen functional groups attached to an aromatic ring is 2. The van der Waals surface area contributed by atoms with Crippen LogP contribution in [0.25, 0.3) is 0 Å². The summed E-state index contributed by atoms with van der Waals surface area (Å²) >= 11 is 0. The maximum Gasteiger partial charge on any atom is 0.233 e. The summed E-state index contributed by atoms with van der Waals surface area (Å²) in [5.41, 5.74) is 15.5. The standard InChI is InChI=1S/C22H24N8.C2H6/c1-3-7-15(4-2)14-25-20-28-21(26-18-10-5-8-16(23)12-18)30-22(29-20)27-19-11-6-9-17(24)13-19;1-2/h3-13H,1-2,14,23-24H2,(H3,25,26,27,28,29,30);1-2H3/b15-7+;. The van der Waals surface area contributed by atoms with Crippen LogP contribution in [0.15, 0.2) is 85.5 Å². The third-order valence-electron chi connectivity index (χ3n) is 3.97. The minimum atomic E-state index is 0.359. The summed E-state index contributed by atoms with van der Waals surface area (Å²) in [7, 11) is 0. The van der Waals surface area contributed by atoms with Crippen molar-refractivity contribution < 1.29 is 0 Å². The Morgan fingerprint density at radius 1 is 0.844 bits per heavy atom. The highest BCUT2D eigenvalue weighted by molar-refractivity contribution is 5.63. The lowest BCUT2D eigenvalue weighted by Gasteiger charge is -2.12. The summed E-state index contributed by atoms with van der Waals surface area (Å²) in [5.74, 6) is 1.11. The second kappa shape index (κ2) is 12.4. The molecule has 8 nitrogen and oxygen atoms in total. The number of nitrogens with two attached hydrogens (primary N) is 2. The average molecular weight is 431 g/mol. The Labute approximate surface area is 189 Å². The summed E-state index contributed by atoms with van der Waals surface area (Å²) in [6, 6.07) is 14.7. The molecule has 1 aromatic heterocycles. The summed E-state index contributed by atoms with van der Waals surface area (Å²) in [6.07, 6.45) is 5.30. The fraction of sp³-hybridized carbons (Fsp3) is 0.125. The molecule has 3 rings (SSSR count). The Morgan fingerprint density at radius 2 is 1.34 bits per heavy atom. The highest BCUT2D eigenvalue weighted by atomic mass is 15.3. The second-order valence-corrected chi connectivity index (χ2v) is 6.34. The first-order valence-electron chi connectivity index (χ1n) is 10.2. The lowest BCUT2D eigenvalue weighted by Crippen LogP contribution is -2.11. The molecule has 7 N–H and O–H groups in total. The van der Waals surface area contributed by atoms with E-state index in [-0.39, 0.29) is 0 Å². The molecule has 0 aliphatic heterocycles. The third-order valence-corrected chi connectivity index (χ3v) is 3.97. The van der Waals surface area contributed by atoms with Crippen molar-refractivity contribution in [2.24, 2.45) is 0 Å². The Balaban J connectivity index is 0.00000176. The molecule has 0 radical (unpaired) electrons. The van der Waals surface area contributed by atoms with E-state index in [2.05, 4.69) is 44.1 Å². The maximum atomic E-state index is 5.86. The first-order valence-corrected chi connectivity index (χ1v) is 10.2. The van der Waals surface area contributed by atoms with Gasteiger partial charge in [0.25, 0.3) is 0 Å². The van der Waals surface area contributed by atoms with Crippen LogP contribution in [0.1, 0.15) is 13.8 Å². The summed E-state index contributed by atoms with van der Waals surface area (Å²) in [4.78, 5) is 13.3. The molecule has 0 saturated heterocycles. The van der Waals surface area contributed by atoms with E-state index in [1.807, 2.05) is 44.2 Å². The van der Waals surface area contributed by atoms with Crippen LogP contribution >= 0.6 is 0 Å². The van der Waals surface area contributed by atoms with Gasteiger partial charge in [0.05, 0.1) is 0 Å². The van der Waals surface area contributed by atoms with E-state index in [0.717, 1.165) is 16.9 Å². The molecule has 1 heterocycles. The number of nitrogens with one attached hydrogen (secondary N) is 3. The summed E-state index contributed by atoms with van der Waals surface area (Å²) < 4.78 is 0. The monoisotopic (exact) mass is 430 g/mol. The zero-order chi connectivity index (χ0) is 23.3. The lowest BCUT2D eigenvalue weighted by atomic mass is 10.2. The van der Waals surface area contributed by atoms with E-state index < -0.39 is 0 Å². The fourth-order valence-electron chi connectivity index (χ4n) is 2.59. The molecule has 0 aliphatic rings. The molecule has 0 fully saturated rings. The Hall–Kier alpha value is -4.33. The van der Waals surface area contributed by atoms with Crippen molar-refractivity contribution >= 4 is 40.6 Å². The molecule has 0 spiro atoms. The van der Waals surface area contributed by atoms with Crippen molar-refractivity contribution in [1.29, 1.82) is 0 Å². The van der Waals surface area contributed by atoms with Crippen molar-refractivity contribution in [1.82, 2.24) is 15.0 Å². The second-order valence-electron chi connectivity index (χ2n) is 6.34. The maximum absolute atomic E-state index is 5.86. The molecule has 0 bridgehead atoms.